The van der Waals surface area contributed by atoms with Crippen LogP contribution in [0.5, 0.6) is 5.75 Å². The monoisotopic (exact) mass is 369 g/mol. The van der Waals surface area contributed by atoms with Crippen LogP contribution in [0.15, 0.2) is 54.9 Å². The normalized spacial score (nSPS) is 10.3. The summed E-state index contributed by atoms with van der Waals surface area (Å²) >= 11 is 0. The highest BCUT2D eigenvalue weighted by molar-refractivity contribution is 5.78. The number of benzene rings is 2. The third kappa shape index (κ3) is 4.27. The van der Waals surface area contributed by atoms with Gasteiger partial charge in [0, 0.05) is 5.69 Å². The van der Waals surface area contributed by atoms with Gasteiger partial charge in [-0.1, -0.05) is 12.1 Å². The molecule has 3 rings (SSSR count). The molecule has 138 valence electrons. The predicted octanol–water partition coefficient (Wildman–Crippen LogP) is 4.41. The van der Waals surface area contributed by atoms with Crippen molar-refractivity contribution in [1.29, 1.82) is 0 Å². The minimum atomic E-state index is -0.586. The maximum Gasteiger partial charge on any atom is 0.353 e. The molecule has 27 heavy (non-hydrogen) atoms. The van der Waals surface area contributed by atoms with E-state index >= 15 is 0 Å². The van der Waals surface area contributed by atoms with Crippen LogP contribution in [-0.2, 0) is 0 Å². The van der Waals surface area contributed by atoms with Crippen molar-refractivity contribution < 1.29 is 14.1 Å². The van der Waals surface area contributed by atoms with Gasteiger partial charge in [0.25, 0.3) is 0 Å². The molecule has 3 aromatic rings. The molecule has 0 fully saturated rings. The summed E-state index contributed by atoms with van der Waals surface area (Å²) in [5, 5.41) is 17.4. The molecule has 0 saturated carbocycles. The van der Waals surface area contributed by atoms with Crippen LogP contribution in [0, 0.1) is 15.9 Å². The van der Waals surface area contributed by atoms with Gasteiger partial charge in [-0.3, -0.25) is 10.1 Å². The van der Waals surface area contributed by atoms with Crippen molar-refractivity contribution >= 4 is 28.7 Å². The third-order valence-corrected chi connectivity index (χ3v) is 3.55. The number of halogens is 1. The van der Waals surface area contributed by atoms with Gasteiger partial charge in [-0.05, 0) is 43.3 Å². The standard InChI is InChI=1S/C18H16FN5O3/c1-2-27-15-6-4-3-5-14(15)23-18-16(24(25)26)17(20-11-21-18)22-13-9-7-12(19)8-10-13/h3-11H,2H2,1H3,(H2,20,21,22,23). The summed E-state index contributed by atoms with van der Waals surface area (Å²) in [6.45, 7) is 2.29. The summed E-state index contributed by atoms with van der Waals surface area (Å²) in [5.74, 6) is 0.123. The Kier molecular flexibility index (Phi) is 5.41. The molecular weight excluding hydrogens is 353 g/mol. The van der Waals surface area contributed by atoms with E-state index in [0.29, 0.717) is 23.7 Å². The first-order chi connectivity index (χ1) is 13.1. The maximum absolute atomic E-state index is 13.1. The second kappa shape index (κ2) is 8.09. The van der Waals surface area contributed by atoms with Crippen molar-refractivity contribution in [2.45, 2.75) is 6.92 Å². The molecule has 0 amide bonds. The lowest BCUT2D eigenvalue weighted by Crippen LogP contribution is -2.06. The fraction of sp³-hybridized carbons (Fsp3) is 0.111. The lowest BCUT2D eigenvalue weighted by atomic mass is 10.2. The van der Waals surface area contributed by atoms with Gasteiger partial charge in [0.2, 0.25) is 11.6 Å². The van der Waals surface area contributed by atoms with E-state index in [-0.39, 0.29) is 17.3 Å². The molecule has 9 heteroatoms. The van der Waals surface area contributed by atoms with Gasteiger partial charge >= 0.3 is 5.69 Å². The van der Waals surface area contributed by atoms with Crippen LogP contribution in [-0.4, -0.2) is 21.5 Å². The highest BCUT2D eigenvalue weighted by Crippen LogP contribution is 2.35. The van der Waals surface area contributed by atoms with E-state index < -0.39 is 10.7 Å². The van der Waals surface area contributed by atoms with Gasteiger partial charge in [0.1, 0.15) is 17.9 Å². The first kappa shape index (κ1) is 18.1. The van der Waals surface area contributed by atoms with Gasteiger partial charge in [-0.15, -0.1) is 0 Å². The Bertz CT molecular complexity index is 950. The molecule has 8 nitrogen and oxygen atoms in total. The second-order valence-corrected chi connectivity index (χ2v) is 5.36. The summed E-state index contributed by atoms with van der Waals surface area (Å²) in [7, 11) is 0. The summed E-state index contributed by atoms with van der Waals surface area (Å²) in [6, 6.07) is 12.4. The molecule has 0 aliphatic heterocycles. The Hall–Kier alpha value is -3.75. The quantitative estimate of drug-likeness (QED) is 0.470. The lowest BCUT2D eigenvalue weighted by molar-refractivity contribution is -0.383. The van der Waals surface area contributed by atoms with Crippen LogP contribution in [0.4, 0.5) is 33.1 Å². The second-order valence-electron chi connectivity index (χ2n) is 5.36. The molecule has 0 bridgehead atoms. The van der Waals surface area contributed by atoms with Crippen molar-refractivity contribution in [3.63, 3.8) is 0 Å². The number of hydrogen-bond acceptors (Lipinski definition) is 7. The SMILES string of the molecule is CCOc1ccccc1Nc1ncnc(Nc2ccc(F)cc2)c1[N+](=O)[O-]. The van der Waals surface area contributed by atoms with Crippen LogP contribution < -0.4 is 15.4 Å². The van der Waals surface area contributed by atoms with E-state index in [1.165, 1.54) is 30.6 Å². The van der Waals surface area contributed by atoms with Crippen molar-refractivity contribution in [2.24, 2.45) is 0 Å². The van der Waals surface area contributed by atoms with Crippen molar-refractivity contribution in [1.82, 2.24) is 9.97 Å². The van der Waals surface area contributed by atoms with Crippen LogP contribution in [0.2, 0.25) is 0 Å². The smallest absolute Gasteiger partial charge is 0.353 e. The Labute approximate surface area is 154 Å². The summed E-state index contributed by atoms with van der Waals surface area (Å²) < 4.78 is 18.6. The summed E-state index contributed by atoms with van der Waals surface area (Å²) in [5.41, 5.74) is 0.654. The fourth-order valence-electron chi connectivity index (χ4n) is 2.38. The molecule has 0 aliphatic rings. The number of anilines is 4. The van der Waals surface area contributed by atoms with Crippen LogP contribution in [0.1, 0.15) is 6.92 Å². The lowest BCUT2D eigenvalue weighted by Gasteiger charge is -2.13. The van der Waals surface area contributed by atoms with E-state index in [4.69, 9.17) is 4.74 Å². The number of rotatable bonds is 7. The third-order valence-electron chi connectivity index (χ3n) is 3.55. The van der Waals surface area contributed by atoms with Crippen LogP contribution in [0.3, 0.4) is 0 Å². The van der Waals surface area contributed by atoms with E-state index in [1.807, 2.05) is 6.92 Å². The Morgan fingerprint density at radius 2 is 1.74 bits per heavy atom. The molecule has 0 saturated heterocycles. The van der Waals surface area contributed by atoms with Crippen molar-refractivity contribution in [2.75, 3.05) is 17.2 Å². The number of nitrogens with one attached hydrogen (secondary N) is 2. The topological polar surface area (TPSA) is 102 Å². The number of para-hydroxylation sites is 2. The molecule has 0 aliphatic carbocycles. The Balaban J connectivity index is 1.97. The van der Waals surface area contributed by atoms with Crippen molar-refractivity contribution in [3.05, 3.63) is 70.8 Å². The average molecular weight is 369 g/mol. The van der Waals surface area contributed by atoms with Gasteiger partial charge in [-0.2, -0.15) is 0 Å². The van der Waals surface area contributed by atoms with E-state index in [9.17, 15) is 14.5 Å². The zero-order valence-corrected chi connectivity index (χ0v) is 14.3. The van der Waals surface area contributed by atoms with Crippen LogP contribution in [0.25, 0.3) is 0 Å². The highest BCUT2D eigenvalue weighted by Gasteiger charge is 2.24. The predicted molar refractivity (Wildman–Crippen MR) is 99.3 cm³/mol. The molecule has 2 N–H and O–H groups in total. The Morgan fingerprint density at radius 3 is 2.41 bits per heavy atom. The Morgan fingerprint density at radius 1 is 1.07 bits per heavy atom. The zero-order chi connectivity index (χ0) is 19.2. The van der Waals surface area contributed by atoms with E-state index in [2.05, 4.69) is 20.6 Å². The van der Waals surface area contributed by atoms with Crippen molar-refractivity contribution in [3.8, 4) is 5.75 Å². The number of ether oxygens (including phenoxy) is 1. The van der Waals surface area contributed by atoms with Gasteiger partial charge < -0.3 is 15.4 Å². The van der Waals surface area contributed by atoms with Gasteiger partial charge in [0.05, 0.1) is 17.2 Å². The number of nitro groups is 1. The minimum absolute atomic E-state index is 0.00626. The molecule has 0 radical (unpaired) electrons. The molecule has 1 aromatic heterocycles. The summed E-state index contributed by atoms with van der Waals surface area (Å²) in [4.78, 5) is 19.0. The molecule has 0 atom stereocenters. The molecule has 0 unspecified atom stereocenters. The largest absolute Gasteiger partial charge is 0.492 e. The minimum Gasteiger partial charge on any atom is -0.492 e. The number of aromatic nitrogens is 2. The van der Waals surface area contributed by atoms with Crippen LogP contribution >= 0.6 is 0 Å². The maximum atomic E-state index is 13.1. The molecule has 2 aromatic carbocycles. The van der Waals surface area contributed by atoms with E-state index in [1.54, 1.807) is 24.3 Å². The fourth-order valence-corrected chi connectivity index (χ4v) is 2.38. The van der Waals surface area contributed by atoms with E-state index in [0.717, 1.165) is 0 Å². The molecular formula is C18H16FN5O3. The molecule has 1 heterocycles. The summed E-state index contributed by atoms with van der Waals surface area (Å²) in [6.07, 6.45) is 1.20. The average Bonchev–Trinajstić information content (AvgIpc) is 2.65. The number of nitrogens with zero attached hydrogens (tertiary/aromatic N) is 3. The van der Waals surface area contributed by atoms with Gasteiger partial charge in [0.15, 0.2) is 0 Å². The first-order valence-corrected chi connectivity index (χ1v) is 8.09. The molecule has 0 spiro atoms. The zero-order valence-electron chi connectivity index (χ0n) is 14.3. The number of hydrogen-bond donors (Lipinski definition) is 2. The highest BCUT2D eigenvalue weighted by atomic mass is 19.1. The van der Waals surface area contributed by atoms with Gasteiger partial charge in [-0.25, -0.2) is 14.4 Å². The first-order valence-electron chi connectivity index (χ1n) is 8.09.